The van der Waals surface area contributed by atoms with Crippen LogP contribution < -0.4 is 16.0 Å². The number of halogens is 6. The lowest BCUT2D eigenvalue weighted by Gasteiger charge is -2.49. The quantitative estimate of drug-likeness (QED) is 0.0254. The van der Waals surface area contributed by atoms with Gasteiger partial charge in [-0.2, -0.15) is 0 Å². The molecule has 564 valence electrons. The van der Waals surface area contributed by atoms with Gasteiger partial charge < -0.3 is 100.0 Å². The highest BCUT2D eigenvalue weighted by Gasteiger charge is 2.55. The van der Waals surface area contributed by atoms with Gasteiger partial charge in [-0.1, -0.05) is 55.9 Å². The van der Waals surface area contributed by atoms with Gasteiger partial charge in [0, 0.05) is 56.1 Å². The number of hydrogen-bond acceptors (Lipinski definition) is 24. The Balaban J connectivity index is 0.812. The Hall–Kier alpha value is -6.46. The van der Waals surface area contributed by atoms with Crippen LogP contribution >= 0.6 is 0 Å². The summed E-state index contributed by atoms with van der Waals surface area (Å²) in [5.74, 6) is -14.4. The molecule has 24 atom stereocenters. The molecule has 3 saturated carbocycles. The van der Waals surface area contributed by atoms with Crippen LogP contribution in [0.25, 0.3) is 22.5 Å². The lowest BCUT2D eigenvalue weighted by Crippen LogP contribution is -2.67. The zero-order valence-electron chi connectivity index (χ0n) is 56.0. The molecule has 0 bridgehead atoms. The highest BCUT2D eigenvalue weighted by atomic mass is 19.2. The standard InChI is InChI=1S/C66H88F6N10O20/c1-4-31-16-34(23-44(59(31)102-66-58(92)57(91)52(86)28(2)96-66)99-64-50(75-29(3)85)60(55(89)47(27-84)100-64)97-45(63(95)80-13-8-14-80)15-30-9-6-5-7-10-30)61(93)73-11-12-74-62(94)35-21-42(81-24-40(76-78-81)32-17-36(67)48(71)37(68)18-32)53(87)43(22-35)98-65-56(90)51(54(88)46(26-83)101-65)82-25-41(77-79-82)33-19-38(69)49(72)39(70)20-33/h17-20,24-25,28,30-31,34-35,42-47,50-60,64-66,83-84,86-92H,4-16,21-23,26-27H2,1-3H3,(H,73,93)(H,74,94)(H,75,85)/t28?,31?,34?,35?,42?,43-,44-,45+,46?,47?,50?,51?,52-,53?,54+,55+,56?,57?,58?,59?,60?,64-,65-,66+/m1/s1. The number of amides is 4. The lowest BCUT2D eigenvalue weighted by atomic mass is 9.75. The average molecular weight is 1460 g/mol. The molecular weight excluding hydrogens is 1370 g/mol. The van der Waals surface area contributed by atoms with Crippen LogP contribution in [0.3, 0.4) is 0 Å². The van der Waals surface area contributed by atoms with Gasteiger partial charge in [0.05, 0.1) is 56.1 Å². The Kier molecular flexibility index (Phi) is 25.1. The number of ether oxygens (including phenoxy) is 7. The third-order valence-corrected chi connectivity index (χ3v) is 20.8. The summed E-state index contributed by atoms with van der Waals surface area (Å²) in [5, 5.41) is 125. The molecule has 4 saturated heterocycles. The molecule has 4 amide bonds. The Morgan fingerprint density at radius 3 is 1.72 bits per heavy atom. The van der Waals surface area contributed by atoms with Crippen molar-refractivity contribution in [2.24, 2.45) is 23.7 Å². The highest BCUT2D eigenvalue weighted by molar-refractivity contribution is 5.82. The molecule has 7 fully saturated rings. The summed E-state index contributed by atoms with van der Waals surface area (Å²) in [4.78, 5) is 58.1. The van der Waals surface area contributed by atoms with Crippen molar-refractivity contribution in [3.05, 3.63) is 71.6 Å². The molecule has 7 aliphatic rings. The SMILES string of the molecule is CCC1CC(C(=O)NCCNC(=O)C2CC(n3cc(-c4cc(F)c(F)c(F)c4)nn3)C(O)[C@H](O[C@@H]3OC(CO)[C@H](O)C(n4cc(-c5cc(F)c(F)c(F)c5)nn4)C3O)C2)C[C@@H](O[C@@H]2OC(CO)[C@H](O)C(O[C@@H](CC3CCCCC3)C(=O)N3CCC3)C2NC(C)=O)C1O[C@@H]1OC(C)[C@@H](O)C(O)C1O. The first-order valence-corrected chi connectivity index (χ1v) is 34.6. The van der Waals surface area contributed by atoms with Crippen LogP contribution in [0.1, 0.15) is 110 Å². The van der Waals surface area contributed by atoms with Crippen LogP contribution in [-0.2, 0) is 52.3 Å². The van der Waals surface area contributed by atoms with E-state index in [1.165, 1.54) is 13.8 Å². The molecular formula is C66H88F6N10O20. The number of nitrogens with one attached hydrogen (secondary N) is 3. The first-order chi connectivity index (χ1) is 48.7. The molecule has 102 heavy (non-hydrogen) atoms. The fraction of sp³-hybridized carbons (Fsp3) is 0.697. The van der Waals surface area contributed by atoms with Gasteiger partial charge in [-0.3, -0.25) is 19.2 Å². The van der Waals surface area contributed by atoms with Gasteiger partial charge in [0.25, 0.3) is 5.91 Å². The summed E-state index contributed by atoms with van der Waals surface area (Å²) in [6.45, 7) is 3.35. The van der Waals surface area contributed by atoms with Crippen molar-refractivity contribution in [3.63, 3.8) is 0 Å². The molecule has 2 aromatic carbocycles. The van der Waals surface area contributed by atoms with E-state index < -0.39 is 212 Å². The minimum Gasteiger partial charge on any atom is -0.394 e. The number of carbonyl (C=O) groups is 4. The normalized spacial score (nSPS) is 34.9. The summed E-state index contributed by atoms with van der Waals surface area (Å²) in [6.07, 6.45) is -19.8. The molecule has 0 spiro atoms. The lowest BCUT2D eigenvalue weighted by molar-refractivity contribution is -0.338. The smallest absolute Gasteiger partial charge is 0.251 e. The van der Waals surface area contributed by atoms with Gasteiger partial charge in [0.2, 0.25) is 17.7 Å². The van der Waals surface area contributed by atoms with Crippen molar-refractivity contribution < 1.29 is 125 Å². The van der Waals surface area contributed by atoms with Gasteiger partial charge in [-0.25, -0.2) is 35.7 Å². The molecule has 15 unspecified atom stereocenters. The third-order valence-electron chi connectivity index (χ3n) is 20.8. The third kappa shape index (κ3) is 16.8. The summed E-state index contributed by atoms with van der Waals surface area (Å²) in [6, 6.07) is -1.67. The molecule has 12 N–H and O–H groups in total. The first kappa shape index (κ1) is 76.7. The molecule has 11 rings (SSSR count). The molecule has 0 radical (unpaired) electrons. The van der Waals surface area contributed by atoms with Crippen LogP contribution in [-0.4, -0.2) is 260 Å². The molecule has 36 heteroatoms. The maximum Gasteiger partial charge on any atom is 0.251 e. The largest absolute Gasteiger partial charge is 0.394 e. The number of aliphatic hydroxyl groups excluding tert-OH is 9. The number of benzene rings is 2. The zero-order valence-corrected chi connectivity index (χ0v) is 56.0. The fourth-order valence-electron chi connectivity index (χ4n) is 15.0. The molecule has 4 aromatic rings. The van der Waals surface area contributed by atoms with Crippen LogP contribution in [0.15, 0.2) is 36.7 Å². The van der Waals surface area contributed by atoms with Crippen molar-refractivity contribution >= 4 is 23.6 Å². The van der Waals surface area contributed by atoms with Crippen molar-refractivity contribution in [2.75, 3.05) is 39.4 Å². The predicted molar refractivity (Wildman–Crippen MR) is 335 cm³/mol. The number of hydrogen-bond donors (Lipinski definition) is 12. The van der Waals surface area contributed by atoms with E-state index in [4.69, 9.17) is 33.2 Å². The van der Waals surface area contributed by atoms with E-state index in [9.17, 15) is 91.5 Å². The summed E-state index contributed by atoms with van der Waals surface area (Å²) in [7, 11) is 0. The van der Waals surface area contributed by atoms with E-state index in [2.05, 4.69) is 36.6 Å². The second kappa shape index (κ2) is 33.3. The van der Waals surface area contributed by atoms with E-state index in [1.807, 2.05) is 0 Å². The van der Waals surface area contributed by atoms with E-state index >= 15 is 0 Å². The summed E-state index contributed by atoms with van der Waals surface area (Å²) in [5.41, 5.74) is -0.975. The summed E-state index contributed by atoms with van der Waals surface area (Å²) < 4.78 is 132. The van der Waals surface area contributed by atoms with Crippen LogP contribution in [0.2, 0.25) is 0 Å². The number of nitrogens with zero attached hydrogens (tertiary/aromatic N) is 7. The van der Waals surface area contributed by atoms with Gasteiger partial charge >= 0.3 is 0 Å². The van der Waals surface area contributed by atoms with Gasteiger partial charge in [-0.15, -0.1) is 10.2 Å². The Bertz CT molecular complexity index is 3500. The van der Waals surface area contributed by atoms with E-state index in [0.717, 1.165) is 60.3 Å². The number of likely N-dealkylation sites (tertiary alicyclic amines) is 1. The maximum atomic E-state index is 14.6. The van der Waals surface area contributed by atoms with Crippen LogP contribution in [0, 0.1) is 58.6 Å². The topological polar surface area (TPSA) is 416 Å². The van der Waals surface area contributed by atoms with Crippen LogP contribution in [0.5, 0.6) is 0 Å². The number of carbonyl (C=O) groups excluding carboxylic acids is 4. The Morgan fingerprint density at radius 2 is 1.15 bits per heavy atom. The minimum atomic E-state index is -1.96. The highest BCUT2D eigenvalue weighted by Crippen LogP contribution is 2.43. The van der Waals surface area contributed by atoms with Gasteiger partial charge in [-0.05, 0) is 81.5 Å². The molecule has 4 aliphatic heterocycles. The van der Waals surface area contributed by atoms with Crippen molar-refractivity contribution in [2.45, 2.75) is 226 Å². The van der Waals surface area contributed by atoms with Crippen LogP contribution in [0.4, 0.5) is 26.3 Å². The van der Waals surface area contributed by atoms with Crippen molar-refractivity contribution in [3.8, 4) is 22.5 Å². The first-order valence-electron chi connectivity index (χ1n) is 34.6. The second-order valence-electron chi connectivity index (χ2n) is 27.6. The Labute approximate surface area is 580 Å². The number of aromatic nitrogens is 6. The van der Waals surface area contributed by atoms with Gasteiger partial charge in [0.15, 0.2) is 53.8 Å². The molecule has 6 heterocycles. The Morgan fingerprint density at radius 1 is 0.608 bits per heavy atom. The van der Waals surface area contributed by atoms with Gasteiger partial charge in [0.1, 0.15) is 90.6 Å². The summed E-state index contributed by atoms with van der Waals surface area (Å²) >= 11 is 0. The molecule has 3 aliphatic carbocycles. The predicted octanol–water partition coefficient (Wildman–Crippen LogP) is 0.222. The molecule has 30 nitrogen and oxygen atoms in total. The fourth-order valence-corrected chi connectivity index (χ4v) is 15.0. The second-order valence-corrected chi connectivity index (χ2v) is 27.6. The average Bonchev–Trinajstić information content (AvgIpc) is 1.00. The number of aliphatic hydroxyl groups is 9. The van der Waals surface area contributed by atoms with E-state index in [0.29, 0.717) is 50.2 Å². The molecule has 2 aromatic heterocycles. The van der Waals surface area contributed by atoms with Crippen molar-refractivity contribution in [1.29, 1.82) is 0 Å². The monoisotopic (exact) mass is 1450 g/mol. The maximum absolute atomic E-state index is 14.6. The van der Waals surface area contributed by atoms with E-state index in [1.54, 1.807) is 11.8 Å². The number of rotatable bonds is 24. The minimum absolute atomic E-state index is 0.104. The van der Waals surface area contributed by atoms with E-state index in [-0.39, 0.29) is 73.1 Å². The van der Waals surface area contributed by atoms with Crippen molar-refractivity contribution in [1.82, 2.24) is 50.8 Å². The zero-order chi connectivity index (χ0) is 73.1.